The van der Waals surface area contributed by atoms with Crippen LogP contribution in [0, 0.1) is 0 Å². The molecule has 3 rings (SSSR count). The molecule has 11 heteroatoms. The standard InChI is InChI=1S/C22H26O11/c1-30-16-10-13(24)6-8-22(16,29)9-7-17(25)31-11-15-18(26)19(27)20(28)21(33-15)32-14-4-2-12(23)3-5-14/h2-9,15-16,18-21,23,26-29H,10-11H2,1H3/b9-7+/t15-,16+,18-,19+,20-,21-,22+/m1/s1. The van der Waals surface area contributed by atoms with Crippen molar-refractivity contribution in [3.63, 3.8) is 0 Å². The van der Waals surface area contributed by atoms with Crippen molar-refractivity contribution in [1.82, 2.24) is 0 Å². The summed E-state index contributed by atoms with van der Waals surface area (Å²) in [6, 6.07) is 5.52. The fourth-order valence-electron chi connectivity index (χ4n) is 3.41. The van der Waals surface area contributed by atoms with E-state index in [1.807, 2.05) is 0 Å². The molecule has 0 amide bonds. The zero-order valence-electron chi connectivity index (χ0n) is 17.7. The Bertz CT molecular complexity index is 896. The summed E-state index contributed by atoms with van der Waals surface area (Å²) in [7, 11) is 1.33. The minimum Gasteiger partial charge on any atom is -0.508 e. The van der Waals surface area contributed by atoms with Crippen LogP contribution >= 0.6 is 0 Å². The van der Waals surface area contributed by atoms with Gasteiger partial charge in [0.15, 0.2) is 5.78 Å². The topological polar surface area (TPSA) is 172 Å². The van der Waals surface area contributed by atoms with E-state index in [1.165, 1.54) is 43.5 Å². The summed E-state index contributed by atoms with van der Waals surface area (Å²) in [4.78, 5) is 23.6. The van der Waals surface area contributed by atoms with Crippen molar-refractivity contribution in [2.75, 3.05) is 13.7 Å². The number of aromatic hydroxyl groups is 1. The number of rotatable bonds is 7. The molecule has 0 unspecified atom stereocenters. The van der Waals surface area contributed by atoms with E-state index in [4.69, 9.17) is 18.9 Å². The van der Waals surface area contributed by atoms with Crippen molar-refractivity contribution in [3.05, 3.63) is 48.6 Å². The number of hydrogen-bond donors (Lipinski definition) is 5. The molecule has 1 saturated heterocycles. The first-order valence-electron chi connectivity index (χ1n) is 10.1. The van der Waals surface area contributed by atoms with Gasteiger partial charge in [-0.1, -0.05) is 0 Å². The van der Waals surface area contributed by atoms with Crippen LogP contribution < -0.4 is 4.74 Å². The summed E-state index contributed by atoms with van der Waals surface area (Å²) in [5.74, 6) is -0.900. The second-order valence-corrected chi connectivity index (χ2v) is 7.71. The first-order valence-corrected chi connectivity index (χ1v) is 10.1. The van der Waals surface area contributed by atoms with E-state index in [0.29, 0.717) is 0 Å². The predicted octanol–water partition coefficient (Wildman–Crippen LogP) is -1.05. The molecule has 1 aliphatic carbocycles. The Morgan fingerprint density at radius 3 is 2.55 bits per heavy atom. The lowest BCUT2D eigenvalue weighted by atomic mass is 9.87. The van der Waals surface area contributed by atoms with Crippen molar-refractivity contribution in [3.8, 4) is 11.5 Å². The highest BCUT2D eigenvalue weighted by Crippen LogP contribution is 2.27. The van der Waals surface area contributed by atoms with Crippen LogP contribution in [0.1, 0.15) is 6.42 Å². The van der Waals surface area contributed by atoms with Gasteiger partial charge in [0.2, 0.25) is 6.29 Å². The summed E-state index contributed by atoms with van der Waals surface area (Å²) in [6.45, 7) is -0.496. The smallest absolute Gasteiger partial charge is 0.330 e. The van der Waals surface area contributed by atoms with E-state index >= 15 is 0 Å². The molecule has 2 aliphatic rings. The number of allylic oxidation sites excluding steroid dienone is 1. The number of hydrogen-bond acceptors (Lipinski definition) is 11. The molecule has 0 radical (unpaired) electrons. The molecule has 0 spiro atoms. The quantitative estimate of drug-likeness (QED) is 0.245. The van der Waals surface area contributed by atoms with Gasteiger partial charge in [-0.25, -0.2) is 4.79 Å². The zero-order valence-corrected chi connectivity index (χ0v) is 17.7. The van der Waals surface area contributed by atoms with Gasteiger partial charge in [0, 0.05) is 19.6 Å². The van der Waals surface area contributed by atoms with Crippen LogP contribution in [0.2, 0.25) is 0 Å². The molecule has 1 aromatic rings. The summed E-state index contributed by atoms with van der Waals surface area (Å²) < 4.78 is 21.1. The average Bonchev–Trinajstić information content (AvgIpc) is 2.80. The Balaban J connectivity index is 1.60. The number of carbonyl (C=O) groups is 2. The molecule has 11 nitrogen and oxygen atoms in total. The maximum absolute atomic E-state index is 12.1. The fraction of sp³-hybridized carbons (Fsp3) is 0.455. The second kappa shape index (κ2) is 10.4. The SMILES string of the molecule is CO[C@H]1CC(=O)C=C[C@]1(O)/C=C/C(=O)OC[C@H]1O[C@@H](Oc2ccc(O)cc2)[C@H](O)[C@@H](O)[C@@H]1O. The molecule has 1 aliphatic heterocycles. The van der Waals surface area contributed by atoms with Crippen molar-refractivity contribution >= 4 is 11.8 Å². The number of aliphatic hydroxyl groups excluding tert-OH is 3. The molecule has 1 aromatic carbocycles. The van der Waals surface area contributed by atoms with Gasteiger partial charge in [0.25, 0.3) is 0 Å². The highest BCUT2D eigenvalue weighted by Gasteiger charge is 2.45. The molecule has 5 N–H and O–H groups in total. The lowest BCUT2D eigenvalue weighted by Gasteiger charge is -2.39. The highest BCUT2D eigenvalue weighted by molar-refractivity contribution is 5.92. The predicted molar refractivity (Wildman–Crippen MR) is 110 cm³/mol. The van der Waals surface area contributed by atoms with Gasteiger partial charge in [-0.15, -0.1) is 0 Å². The maximum Gasteiger partial charge on any atom is 0.330 e. The average molecular weight is 466 g/mol. The number of phenolic OH excluding ortho intramolecular Hbond substituents is 1. The van der Waals surface area contributed by atoms with Crippen molar-refractivity contribution in [2.24, 2.45) is 0 Å². The van der Waals surface area contributed by atoms with E-state index in [-0.39, 0.29) is 23.7 Å². The van der Waals surface area contributed by atoms with Crippen LogP contribution in [0.4, 0.5) is 0 Å². The third-order valence-corrected chi connectivity index (χ3v) is 5.36. The summed E-state index contributed by atoms with van der Waals surface area (Å²) in [6.07, 6.45) is -3.90. The monoisotopic (exact) mass is 466 g/mol. The van der Waals surface area contributed by atoms with Gasteiger partial charge in [-0.3, -0.25) is 4.79 Å². The van der Waals surface area contributed by atoms with E-state index in [9.17, 15) is 35.1 Å². The Labute approximate surface area is 189 Å². The zero-order chi connectivity index (χ0) is 24.2. The number of esters is 1. The first kappa shape index (κ1) is 24.8. The van der Waals surface area contributed by atoms with Crippen LogP contribution in [0.25, 0.3) is 0 Å². The third kappa shape index (κ3) is 5.96. The van der Waals surface area contributed by atoms with Gasteiger partial charge < -0.3 is 44.5 Å². The van der Waals surface area contributed by atoms with Gasteiger partial charge in [0.1, 0.15) is 54.2 Å². The molecular formula is C22H26O11. The van der Waals surface area contributed by atoms with E-state index in [2.05, 4.69) is 0 Å². The number of ether oxygens (including phenoxy) is 4. The van der Waals surface area contributed by atoms with Gasteiger partial charge in [-0.2, -0.15) is 0 Å². The second-order valence-electron chi connectivity index (χ2n) is 7.71. The lowest BCUT2D eigenvalue weighted by molar-refractivity contribution is -0.278. The molecule has 0 bridgehead atoms. The molecule has 180 valence electrons. The van der Waals surface area contributed by atoms with Crippen molar-refractivity contribution < 1.29 is 54.1 Å². The molecule has 1 heterocycles. The number of methoxy groups -OCH3 is 1. The number of benzene rings is 1. The Kier molecular flexibility index (Phi) is 7.84. The molecule has 33 heavy (non-hydrogen) atoms. The number of aliphatic hydroxyl groups is 4. The third-order valence-electron chi connectivity index (χ3n) is 5.36. The van der Waals surface area contributed by atoms with Crippen molar-refractivity contribution in [2.45, 2.75) is 48.8 Å². The maximum atomic E-state index is 12.1. The summed E-state index contributed by atoms with van der Waals surface area (Å²) in [5.41, 5.74) is -1.69. The number of phenols is 1. The minimum atomic E-state index is -1.69. The summed E-state index contributed by atoms with van der Waals surface area (Å²) >= 11 is 0. The highest BCUT2D eigenvalue weighted by atomic mass is 16.7. The summed E-state index contributed by atoms with van der Waals surface area (Å²) in [5, 5.41) is 50.4. The van der Waals surface area contributed by atoms with Crippen LogP contribution in [-0.4, -0.2) is 93.4 Å². The largest absolute Gasteiger partial charge is 0.508 e. The molecule has 7 atom stereocenters. The van der Waals surface area contributed by atoms with Crippen LogP contribution in [0.5, 0.6) is 11.5 Å². The van der Waals surface area contributed by atoms with Crippen LogP contribution in [0.3, 0.4) is 0 Å². The normalized spacial score (nSPS) is 34.4. The van der Waals surface area contributed by atoms with E-state index < -0.39 is 55.0 Å². The Hall–Kier alpha value is -2.80. The lowest BCUT2D eigenvalue weighted by Crippen LogP contribution is -2.60. The Morgan fingerprint density at radius 1 is 1.18 bits per heavy atom. The number of carbonyl (C=O) groups excluding carboxylic acids is 2. The molecular weight excluding hydrogens is 440 g/mol. The molecule has 1 fully saturated rings. The number of ketones is 1. The van der Waals surface area contributed by atoms with E-state index in [1.54, 1.807) is 0 Å². The first-order chi connectivity index (χ1) is 15.6. The Morgan fingerprint density at radius 2 is 1.88 bits per heavy atom. The minimum absolute atomic E-state index is 0.00226. The van der Waals surface area contributed by atoms with Crippen molar-refractivity contribution in [1.29, 1.82) is 0 Å². The van der Waals surface area contributed by atoms with E-state index in [0.717, 1.165) is 12.2 Å². The molecule has 0 aromatic heterocycles. The fourth-order valence-corrected chi connectivity index (χ4v) is 3.41. The van der Waals surface area contributed by atoms with Gasteiger partial charge in [0.05, 0.1) is 0 Å². The van der Waals surface area contributed by atoms with Crippen LogP contribution in [-0.2, 0) is 23.8 Å². The van der Waals surface area contributed by atoms with Gasteiger partial charge in [-0.05, 0) is 42.5 Å². The molecule has 0 saturated carbocycles. The van der Waals surface area contributed by atoms with Gasteiger partial charge >= 0.3 is 5.97 Å². The van der Waals surface area contributed by atoms with Crippen LogP contribution in [0.15, 0.2) is 48.6 Å².